The van der Waals surface area contributed by atoms with Crippen molar-refractivity contribution >= 4 is 46.0 Å². The number of nitrogens with zero attached hydrogens (tertiary/aromatic N) is 2. The standard InChI is InChI=1S/C23H20Cl2FN3O3/c1-23-11-15-14-9-16(25)17(26)10-18(14)27-19(15)20(12-4-2-5-13(30)8-12)29(23)22(32)28(21(23)31)7-3-6-24/h2,4-5,8-10,20,27,30H,3,6-7,11H2,1H3. The lowest BCUT2D eigenvalue weighted by atomic mass is 9.81. The first-order chi connectivity index (χ1) is 15.3. The van der Waals surface area contributed by atoms with Crippen LogP contribution in [0.1, 0.15) is 36.2 Å². The van der Waals surface area contributed by atoms with E-state index in [2.05, 4.69) is 4.98 Å². The second-order valence-electron chi connectivity index (χ2n) is 8.43. The molecule has 32 heavy (non-hydrogen) atoms. The number of amides is 3. The maximum absolute atomic E-state index is 14.2. The Balaban J connectivity index is 1.76. The summed E-state index contributed by atoms with van der Waals surface area (Å²) in [5.41, 5.74) is 1.49. The zero-order valence-electron chi connectivity index (χ0n) is 17.2. The molecule has 166 valence electrons. The van der Waals surface area contributed by atoms with Crippen LogP contribution in [-0.4, -0.2) is 49.8 Å². The van der Waals surface area contributed by atoms with Crippen LogP contribution in [0.3, 0.4) is 0 Å². The Morgan fingerprint density at radius 3 is 2.78 bits per heavy atom. The number of alkyl halides is 1. The van der Waals surface area contributed by atoms with Crippen LogP contribution in [0.4, 0.5) is 9.18 Å². The van der Waals surface area contributed by atoms with Gasteiger partial charge in [-0.15, -0.1) is 11.6 Å². The van der Waals surface area contributed by atoms with Crippen molar-refractivity contribution < 1.29 is 19.1 Å². The minimum absolute atomic E-state index is 0.0154. The van der Waals surface area contributed by atoms with Crippen LogP contribution in [0.25, 0.3) is 10.9 Å². The van der Waals surface area contributed by atoms with E-state index in [1.54, 1.807) is 36.1 Å². The molecule has 0 bridgehead atoms. The van der Waals surface area contributed by atoms with E-state index in [-0.39, 0.29) is 29.6 Å². The number of rotatable bonds is 4. The van der Waals surface area contributed by atoms with Gasteiger partial charge in [-0.1, -0.05) is 23.7 Å². The first-order valence-corrected chi connectivity index (χ1v) is 11.2. The number of imide groups is 1. The highest BCUT2D eigenvalue weighted by atomic mass is 35.5. The molecule has 3 amide bonds. The average Bonchev–Trinajstić information content (AvgIpc) is 3.17. The monoisotopic (exact) mass is 475 g/mol. The van der Waals surface area contributed by atoms with E-state index in [0.29, 0.717) is 34.5 Å². The summed E-state index contributed by atoms with van der Waals surface area (Å²) >= 11 is 11.9. The molecule has 2 atom stereocenters. The number of carbonyl (C=O) groups is 2. The molecule has 0 saturated carbocycles. The summed E-state index contributed by atoms with van der Waals surface area (Å²) in [7, 11) is 0. The largest absolute Gasteiger partial charge is 0.508 e. The lowest BCUT2D eigenvalue weighted by Crippen LogP contribution is -2.53. The molecule has 2 aliphatic heterocycles. The lowest BCUT2D eigenvalue weighted by Gasteiger charge is -2.42. The third-order valence-electron chi connectivity index (χ3n) is 6.41. The first-order valence-electron chi connectivity index (χ1n) is 10.3. The van der Waals surface area contributed by atoms with Crippen LogP contribution < -0.4 is 0 Å². The van der Waals surface area contributed by atoms with Crippen LogP contribution in [0.15, 0.2) is 36.4 Å². The number of nitrogens with one attached hydrogen (secondary N) is 1. The molecular weight excluding hydrogens is 456 g/mol. The Kier molecular flexibility index (Phi) is 4.87. The summed E-state index contributed by atoms with van der Waals surface area (Å²) in [5, 5.41) is 10.8. The van der Waals surface area contributed by atoms with Gasteiger partial charge in [0.05, 0.1) is 5.02 Å². The number of aromatic hydroxyl groups is 1. The van der Waals surface area contributed by atoms with E-state index in [0.717, 1.165) is 5.56 Å². The van der Waals surface area contributed by atoms with Crippen molar-refractivity contribution in [1.82, 2.24) is 14.8 Å². The highest BCUT2D eigenvalue weighted by Crippen LogP contribution is 2.49. The van der Waals surface area contributed by atoms with Gasteiger partial charge in [-0.3, -0.25) is 14.6 Å². The van der Waals surface area contributed by atoms with Gasteiger partial charge in [-0.25, -0.2) is 9.18 Å². The maximum atomic E-state index is 14.2. The van der Waals surface area contributed by atoms with Gasteiger partial charge in [0.2, 0.25) is 0 Å². The Morgan fingerprint density at radius 2 is 2.06 bits per heavy atom. The van der Waals surface area contributed by atoms with Crippen LogP contribution in [0, 0.1) is 5.82 Å². The highest BCUT2D eigenvalue weighted by Gasteiger charge is 2.60. The Hall–Kier alpha value is -2.77. The topological polar surface area (TPSA) is 76.6 Å². The summed E-state index contributed by atoms with van der Waals surface area (Å²) in [6.45, 7) is 1.97. The number of benzene rings is 2. The molecule has 2 aromatic carbocycles. The van der Waals surface area contributed by atoms with Gasteiger partial charge in [0.1, 0.15) is 23.1 Å². The fourth-order valence-electron chi connectivity index (χ4n) is 4.97. The Morgan fingerprint density at radius 1 is 1.28 bits per heavy atom. The Bertz CT molecular complexity index is 1280. The smallest absolute Gasteiger partial charge is 0.328 e. The number of carbonyl (C=O) groups excluding carboxylic acids is 2. The van der Waals surface area contributed by atoms with Crippen molar-refractivity contribution in [3.05, 3.63) is 64.1 Å². The van der Waals surface area contributed by atoms with Crippen molar-refractivity contribution in [2.45, 2.75) is 31.3 Å². The lowest BCUT2D eigenvalue weighted by molar-refractivity contribution is -0.133. The number of H-pyrrole nitrogens is 1. The Labute approximate surface area is 193 Å². The zero-order valence-corrected chi connectivity index (χ0v) is 18.7. The number of phenolic OH excluding ortho intramolecular Hbond substituents is 1. The third-order valence-corrected chi connectivity index (χ3v) is 6.97. The van der Waals surface area contributed by atoms with E-state index in [1.165, 1.54) is 17.0 Å². The number of hydrogen-bond acceptors (Lipinski definition) is 3. The fraction of sp³-hybridized carbons (Fsp3) is 0.304. The van der Waals surface area contributed by atoms with E-state index in [9.17, 15) is 19.1 Å². The van der Waals surface area contributed by atoms with E-state index >= 15 is 0 Å². The van der Waals surface area contributed by atoms with Crippen molar-refractivity contribution in [1.29, 1.82) is 0 Å². The second kappa shape index (κ2) is 7.39. The van der Waals surface area contributed by atoms with Gasteiger partial charge >= 0.3 is 6.03 Å². The molecule has 2 aliphatic rings. The number of aromatic amines is 1. The van der Waals surface area contributed by atoms with E-state index < -0.39 is 23.4 Å². The SMILES string of the molecule is CC12Cc3c([nH]c4cc(F)c(Cl)cc34)C(c3cccc(O)c3)N1C(=O)N(CCCCl)C2=O. The molecule has 9 heteroatoms. The molecule has 6 nitrogen and oxygen atoms in total. The van der Waals surface area contributed by atoms with E-state index in [4.69, 9.17) is 23.2 Å². The van der Waals surface area contributed by atoms with Crippen molar-refractivity contribution in [2.24, 2.45) is 0 Å². The number of hydrogen-bond donors (Lipinski definition) is 2. The summed E-state index contributed by atoms with van der Waals surface area (Å²) in [6.07, 6.45) is 0.740. The summed E-state index contributed by atoms with van der Waals surface area (Å²) in [4.78, 5) is 33.0. The quantitative estimate of drug-likeness (QED) is 0.413. The molecule has 2 unspecified atom stereocenters. The zero-order chi connectivity index (χ0) is 22.8. The molecule has 1 saturated heterocycles. The minimum atomic E-state index is -1.15. The van der Waals surface area contributed by atoms with Crippen molar-refractivity contribution in [3.63, 3.8) is 0 Å². The molecule has 1 aromatic heterocycles. The van der Waals surface area contributed by atoms with Crippen LogP contribution >= 0.6 is 23.2 Å². The number of phenols is 1. The second-order valence-corrected chi connectivity index (χ2v) is 9.21. The van der Waals surface area contributed by atoms with Gasteiger partial charge in [0, 0.05) is 35.4 Å². The van der Waals surface area contributed by atoms with Gasteiger partial charge < -0.3 is 10.1 Å². The summed E-state index contributed by atoms with van der Waals surface area (Å²) in [6, 6.07) is 8.36. The maximum Gasteiger partial charge on any atom is 0.328 e. The fourth-order valence-corrected chi connectivity index (χ4v) is 5.25. The number of aromatic nitrogens is 1. The number of fused-ring (bicyclic) bond motifs is 4. The molecule has 5 rings (SSSR count). The number of urea groups is 1. The molecule has 0 spiro atoms. The molecule has 3 heterocycles. The van der Waals surface area contributed by atoms with Crippen LogP contribution in [0.5, 0.6) is 5.75 Å². The molecular formula is C23H20Cl2FN3O3. The predicted molar refractivity (Wildman–Crippen MR) is 120 cm³/mol. The molecule has 0 radical (unpaired) electrons. The predicted octanol–water partition coefficient (Wildman–Crippen LogP) is 4.96. The van der Waals surface area contributed by atoms with Gasteiger partial charge in [0.25, 0.3) is 5.91 Å². The summed E-state index contributed by atoms with van der Waals surface area (Å²) in [5.74, 6) is -0.486. The average molecular weight is 476 g/mol. The summed E-state index contributed by atoms with van der Waals surface area (Å²) < 4.78 is 14.2. The molecule has 1 fully saturated rings. The third kappa shape index (κ3) is 2.91. The van der Waals surface area contributed by atoms with Gasteiger partial charge in [-0.2, -0.15) is 0 Å². The molecule has 0 aliphatic carbocycles. The van der Waals surface area contributed by atoms with Gasteiger partial charge in [0.15, 0.2) is 0 Å². The van der Waals surface area contributed by atoms with Gasteiger partial charge in [-0.05, 0) is 48.7 Å². The van der Waals surface area contributed by atoms with Crippen molar-refractivity contribution in [3.8, 4) is 5.75 Å². The van der Waals surface area contributed by atoms with Crippen LogP contribution in [0.2, 0.25) is 5.02 Å². The first kappa shape index (κ1) is 21.1. The van der Waals surface area contributed by atoms with Crippen molar-refractivity contribution in [2.75, 3.05) is 12.4 Å². The highest BCUT2D eigenvalue weighted by molar-refractivity contribution is 6.31. The van der Waals surface area contributed by atoms with Crippen LogP contribution in [-0.2, 0) is 11.2 Å². The minimum Gasteiger partial charge on any atom is -0.508 e. The van der Waals surface area contributed by atoms with E-state index in [1.807, 2.05) is 0 Å². The molecule has 2 N–H and O–H groups in total. The molecule has 3 aromatic rings. The normalized spacial score (nSPS) is 22.6. The number of halogens is 3.